The fourth-order valence-electron chi connectivity index (χ4n) is 2.09. The van der Waals surface area contributed by atoms with Crippen LogP contribution in [0.4, 0.5) is 0 Å². The monoisotopic (exact) mass is 302 g/mol. The van der Waals surface area contributed by atoms with Gasteiger partial charge in [-0.05, 0) is 38.5 Å². The standard InChI is InChI=1S/C17H22N2O3/c1-17(2,3)22-16(20)9-14-10-18-19(11-14)15-7-5-6-13(8-15)12-21-4/h5-8,10-11H,9,12H2,1-4H3. The molecule has 5 nitrogen and oxygen atoms in total. The number of rotatable bonds is 5. The predicted octanol–water partition coefficient (Wildman–Crippen LogP) is 2.90. The van der Waals surface area contributed by atoms with Gasteiger partial charge in [0.2, 0.25) is 0 Å². The van der Waals surface area contributed by atoms with Crippen molar-refractivity contribution in [2.45, 2.75) is 39.4 Å². The molecular formula is C17H22N2O3. The van der Waals surface area contributed by atoms with Crippen LogP contribution in [0.1, 0.15) is 31.9 Å². The molecule has 22 heavy (non-hydrogen) atoms. The van der Waals surface area contributed by atoms with Crippen LogP contribution in [-0.4, -0.2) is 28.5 Å². The van der Waals surface area contributed by atoms with E-state index in [1.54, 1.807) is 18.0 Å². The summed E-state index contributed by atoms with van der Waals surface area (Å²) >= 11 is 0. The molecule has 0 aliphatic rings. The van der Waals surface area contributed by atoms with Gasteiger partial charge in [0.05, 0.1) is 24.9 Å². The van der Waals surface area contributed by atoms with Crippen molar-refractivity contribution >= 4 is 5.97 Å². The smallest absolute Gasteiger partial charge is 0.310 e. The van der Waals surface area contributed by atoms with Crippen molar-refractivity contribution in [1.29, 1.82) is 0 Å². The molecule has 2 rings (SSSR count). The molecule has 0 amide bonds. The summed E-state index contributed by atoms with van der Waals surface area (Å²) in [5.74, 6) is -0.250. The molecule has 0 aliphatic heterocycles. The molecule has 0 radical (unpaired) electrons. The van der Waals surface area contributed by atoms with Crippen LogP contribution >= 0.6 is 0 Å². The number of hydrogen-bond acceptors (Lipinski definition) is 4. The molecule has 1 aromatic heterocycles. The minimum Gasteiger partial charge on any atom is -0.460 e. The predicted molar refractivity (Wildman–Crippen MR) is 83.8 cm³/mol. The second-order valence-corrected chi connectivity index (χ2v) is 6.16. The lowest BCUT2D eigenvalue weighted by atomic mass is 10.2. The number of methoxy groups -OCH3 is 1. The van der Waals surface area contributed by atoms with Crippen molar-refractivity contribution in [3.63, 3.8) is 0 Å². The highest BCUT2D eigenvalue weighted by molar-refractivity contribution is 5.72. The summed E-state index contributed by atoms with van der Waals surface area (Å²) in [6.45, 7) is 6.13. The zero-order valence-electron chi connectivity index (χ0n) is 13.5. The van der Waals surface area contributed by atoms with Gasteiger partial charge in [0.1, 0.15) is 5.60 Å². The first-order valence-electron chi connectivity index (χ1n) is 7.21. The molecule has 0 aliphatic carbocycles. The summed E-state index contributed by atoms with van der Waals surface area (Å²) < 4.78 is 12.2. The second-order valence-electron chi connectivity index (χ2n) is 6.16. The quantitative estimate of drug-likeness (QED) is 0.797. The normalized spacial score (nSPS) is 11.5. The summed E-state index contributed by atoms with van der Waals surface area (Å²) in [5.41, 5.74) is 2.36. The van der Waals surface area contributed by atoms with Crippen molar-refractivity contribution in [3.05, 3.63) is 47.8 Å². The zero-order chi connectivity index (χ0) is 16.2. The maximum atomic E-state index is 11.8. The van der Waals surface area contributed by atoms with Crippen LogP contribution in [0.5, 0.6) is 0 Å². The summed E-state index contributed by atoms with van der Waals surface area (Å²) in [6, 6.07) is 7.92. The molecule has 0 fully saturated rings. The number of ether oxygens (including phenoxy) is 2. The van der Waals surface area contributed by atoms with E-state index in [-0.39, 0.29) is 12.4 Å². The van der Waals surface area contributed by atoms with Crippen LogP contribution in [0.3, 0.4) is 0 Å². The Hall–Kier alpha value is -2.14. The van der Waals surface area contributed by atoms with Crippen LogP contribution in [0.15, 0.2) is 36.7 Å². The number of benzene rings is 1. The van der Waals surface area contributed by atoms with Gasteiger partial charge < -0.3 is 9.47 Å². The summed E-state index contributed by atoms with van der Waals surface area (Å²) in [7, 11) is 1.67. The minimum atomic E-state index is -0.471. The largest absolute Gasteiger partial charge is 0.460 e. The lowest BCUT2D eigenvalue weighted by molar-refractivity contribution is -0.153. The Balaban J connectivity index is 2.08. The zero-order valence-corrected chi connectivity index (χ0v) is 13.5. The Bertz CT molecular complexity index is 641. The molecule has 1 heterocycles. The third-order valence-electron chi connectivity index (χ3n) is 2.89. The van der Waals surface area contributed by atoms with E-state index >= 15 is 0 Å². The Labute approximate surface area is 130 Å². The SMILES string of the molecule is COCc1cccc(-n2cc(CC(=O)OC(C)(C)C)cn2)c1. The molecule has 0 N–H and O–H groups in total. The summed E-state index contributed by atoms with van der Waals surface area (Å²) in [5, 5.41) is 4.31. The molecule has 118 valence electrons. The molecule has 5 heteroatoms. The second kappa shape index (κ2) is 6.75. The van der Waals surface area contributed by atoms with E-state index in [0.717, 1.165) is 16.8 Å². The third kappa shape index (κ3) is 4.70. The topological polar surface area (TPSA) is 53.4 Å². The molecule has 0 saturated heterocycles. The molecule has 1 aromatic carbocycles. The van der Waals surface area contributed by atoms with Gasteiger partial charge in [0, 0.05) is 18.9 Å². The number of carbonyl (C=O) groups is 1. The highest BCUT2D eigenvalue weighted by atomic mass is 16.6. The van der Waals surface area contributed by atoms with E-state index in [1.165, 1.54) is 0 Å². The molecule has 0 unspecified atom stereocenters. The van der Waals surface area contributed by atoms with Crippen molar-refractivity contribution in [2.75, 3.05) is 7.11 Å². The Morgan fingerprint density at radius 1 is 1.27 bits per heavy atom. The van der Waals surface area contributed by atoms with E-state index in [2.05, 4.69) is 5.10 Å². The highest BCUT2D eigenvalue weighted by Gasteiger charge is 2.17. The fourth-order valence-corrected chi connectivity index (χ4v) is 2.09. The maximum Gasteiger partial charge on any atom is 0.310 e. The first kappa shape index (κ1) is 16.2. The molecule has 0 spiro atoms. The fraction of sp³-hybridized carbons (Fsp3) is 0.412. The van der Waals surface area contributed by atoms with Gasteiger partial charge >= 0.3 is 5.97 Å². The van der Waals surface area contributed by atoms with E-state index in [1.807, 2.05) is 51.2 Å². The summed E-state index contributed by atoms with van der Waals surface area (Å²) in [6.07, 6.45) is 3.75. The highest BCUT2D eigenvalue weighted by Crippen LogP contribution is 2.14. The van der Waals surface area contributed by atoms with Crippen molar-refractivity contribution in [2.24, 2.45) is 0 Å². The van der Waals surface area contributed by atoms with Gasteiger partial charge in [-0.2, -0.15) is 5.10 Å². The van der Waals surface area contributed by atoms with E-state index in [9.17, 15) is 4.79 Å². The molecule has 0 saturated carbocycles. The average Bonchev–Trinajstić information content (AvgIpc) is 2.85. The molecule has 0 atom stereocenters. The third-order valence-corrected chi connectivity index (χ3v) is 2.89. The molecular weight excluding hydrogens is 280 g/mol. The Kier molecular flexibility index (Phi) is 4.98. The number of aromatic nitrogens is 2. The van der Waals surface area contributed by atoms with Gasteiger partial charge in [0.15, 0.2) is 0 Å². The van der Waals surface area contributed by atoms with E-state index < -0.39 is 5.60 Å². The van der Waals surface area contributed by atoms with Gasteiger partial charge in [-0.1, -0.05) is 12.1 Å². The van der Waals surface area contributed by atoms with Crippen LogP contribution in [0.25, 0.3) is 5.69 Å². The molecule has 0 bridgehead atoms. The number of esters is 1. The Morgan fingerprint density at radius 2 is 2.05 bits per heavy atom. The number of nitrogens with zero attached hydrogens (tertiary/aromatic N) is 2. The van der Waals surface area contributed by atoms with E-state index in [4.69, 9.17) is 9.47 Å². The van der Waals surface area contributed by atoms with Crippen LogP contribution in [-0.2, 0) is 27.3 Å². The van der Waals surface area contributed by atoms with Gasteiger partial charge in [-0.3, -0.25) is 4.79 Å². The van der Waals surface area contributed by atoms with Crippen LogP contribution < -0.4 is 0 Å². The van der Waals surface area contributed by atoms with Crippen LogP contribution in [0, 0.1) is 0 Å². The number of hydrogen-bond donors (Lipinski definition) is 0. The molecule has 2 aromatic rings. The summed E-state index contributed by atoms with van der Waals surface area (Å²) in [4.78, 5) is 11.8. The average molecular weight is 302 g/mol. The van der Waals surface area contributed by atoms with Crippen LogP contribution in [0.2, 0.25) is 0 Å². The first-order chi connectivity index (χ1) is 10.4. The van der Waals surface area contributed by atoms with Crippen molar-refractivity contribution in [1.82, 2.24) is 9.78 Å². The lowest BCUT2D eigenvalue weighted by Gasteiger charge is -2.19. The maximum absolute atomic E-state index is 11.8. The number of carbonyl (C=O) groups excluding carboxylic acids is 1. The minimum absolute atomic E-state index is 0.217. The Morgan fingerprint density at radius 3 is 2.73 bits per heavy atom. The van der Waals surface area contributed by atoms with Crippen molar-refractivity contribution in [3.8, 4) is 5.69 Å². The van der Waals surface area contributed by atoms with Crippen molar-refractivity contribution < 1.29 is 14.3 Å². The lowest BCUT2D eigenvalue weighted by Crippen LogP contribution is -2.24. The van der Waals surface area contributed by atoms with E-state index in [0.29, 0.717) is 6.61 Å². The van der Waals surface area contributed by atoms with Gasteiger partial charge in [-0.15, -0.1) is 0 Å². The van der Waals surface area contributed by atoms with Gasteiger partial charge in [-0.25, -0.2) is 4.68 Å². The first-order valence-corrected chi connectivity index (χ1v) is 7.21. The van der Waals surface area contributed by atoms with Gasteiger partial charge in [0.25, 0.3) is 0 Å².